The SMILES string of the molecule is O=C(Oc1nc2ccc(Cl)cc2s1)C1CCCN1. The van der Waals surface area contributed by atoms with Gasteiger partial charge in [-0.25, -0.2) is 9.78 Å². The summed E-state index contributed by atoms with van der Waals surface area (Å²) in [4.78, 5) is 16.1. The first kappa shape index (κ1) is 11.9. The van der Waals surface area contributed by atoms with Crippen LogP contribution in [0.1, 0.15) is 12.8 Å². The van der Waals surface area contributed by atoms with Crippen LogP contribution in [0, 0.1) is 0 Å². The summed E-state index contributed by atoms with van der Waals surface area (Å²) >= 11 is 7.23. The van der Waals surface area contributed by atoms with Crippen molar-refractivity contribution in [3.05, 3.63) is 23.2 Å². The molecule has 94 valence electrons. The van der Waals surface area contributed by atoms with E-state index in [-0.39, 0.29) is 12.0 Å². The zero-order chi connectivity index (χ0) is 12.5. The molecule has 0 radical (unpaired) electrons. The molecule has 1 aliphatic rings. The Balaban J connectivity index is 1.79. The first-order valence-electron chi connectivity index (χ1n) is 5.73. The van der Waals surface area contributed by atoms with E-state index in [1.54, 1.807) is 6.07 Å². The van der Waals surface area contributed by atoms with Crippen LogP contribution < -0.4 is 10.1 Å². The van der Waals surface area contributed by atoms with Crippen molar-refractivity contribution in [1.29, 1.82) is 0 Å². The summed E-state index contributed by atoms with van der Waals surface area (Å²) in [5, 5.41) is 4.14. The minimum atomic E-state index is -0.252. The second-order valence-corrected chi connectivity index (χ2v) is 5.59. The molecule has 6 heteroatoms. The van der Waals surface area contributed by atoms with E-state index in [0.717, 1.165) is 29.6 Å². The largest absolute Gasteiger partial charge is 0.397 e. The maximum Gasteiger partial charge on any atom is 0.330 e. The normalized spacial score (nSPS) is 19.3. The number of carbonyl (C=O) groups excluding carboxylic acids is 1. The van der Waals surface area contributed by atoms with Crippen molar-refractivity contribution in [2.24, 2.45) is 0 Å². The highest BCUT2D eigenvalue weighted by Crippen LogP contribution is 2.30. The van der Waals surface area contributed by atoms with Crippen molar-refractivity contribution in [3.8, 4) is 5.19 Å². The molecule has 1 unspecified atom stereocenters. The van der Waals surface area contributed by atoms with Gasteiger partial charge in [0.15, 0.2) is 0 Å². The lowest BCUT2D eigenvalue weighted by molar-refractivity contribution is -0.136. The molecule has 2 aromatic rings. The topological polar surface area (TPSA) is 51.2 Å². The van der Waals surface area contributed by atoms with Gasteiger partial charge in [0.2, 0.25) is 0 Å². The number of nitrogens with zero attached hydrogens (tertiary/aromatic N) is 1. The van der Waals surface area contributed by atoms with Crippen LogP contribution in [0.15, 0.2) is 18.2 Å². The molecule has 1 atom stereocenters. The molecule has 1 aliphatic heterocycles. The molecule has 0 aliphatic carbocycles. The molecule has 1 aromatic heterocycles. The molecule has 1 aromatic carbocycles. The molecule has 4 nitrogen and oxygen atoms in total. The molecule has 1 saturated heterocycles. The first-order chi connectivity index (χ1) is 8.72. The summed E-state index contributed by atoms with van der Waals surface area (Å²) in [6, 6.07) is 5.22. The number of fused-ring (bicyclic) bond motifs is 1. The lowest BCUT2D eigenvalue weighted by Crippen LogP contribution is -2.34. The minimum absolute atomic E-state index is 0.194. The molecule has 0 spiro atoms. The van der Waals surface area contributed by atoms with Gasteiger partial charge in [-0.2, -0.15) is 0 Å². The number of halogens is 1. The fourth-order valence-electron chi connectivity index (χ4n) is 1.96. The Morgan fingerprint density at radius 1 is 1.56 bits per heavy atom. The van der Waals surface area contributed by atoms with E-state index in [4.69, 9.17) is 16.3 Å². The summed E-state index contributed by atoms with van der Waals surface area (Å²) in [6.45, 7) is 0.870. The third kappa shape index (κ3) is 2.34. The van der Waals surface area contributed by atoms with Crippen LogP contribution >= 0.6 is 22.9 Å². The number of thiazole rings is 1. The van der Waals surface area contributed by atoms with Crippen LogP contribution in [0.25, 0.3) is 10.2 Å². The number of carbonyl (C=O) groups is 1. The zero-order valence-corrected chi connectivity index (χ0v) is 11.1. The van der Waals surface area contributed by atoms with Gasteiger partial charge in [0.25, 0.3) is 5.19 Å². The molecule has 0 saturated carbocycles. The first-order valence-corrected chi connectivity index (χ1v) is 6.93. The molecule has 2 heterocycles. The average molecular weight is 283 g/mol. The highest BCUT2D eigenvalue weighted by atomic mass is 35.5. The number of aromatic nitrogens is 1. The Morgan fingerprint density at radius 2 is 2.44 bits per heavy atom. The van der Waals surface area contributed by atoms with E-state index in [0.29, 0.717) is 10.2 Å². The van der Waals surface area contributed by atoms with Crippen LogP contribution in [0.5, 0.6) is 5.19 Å². The maximum absolute atomic E-state index is 11.8. The van der Waals surface area contributed by atoms with Crippen LogP contribution in [0.3, 0.4) is 0 Å². The Bertz CT molecular complexity index is 593. The predicted octanol–water partition coefficient (Wildman–Crippen LogP) is 2.61. The van der Waals surface area contributed by atoms with Crippen molar-refractivity contribution in [3.63, 3.8) is 0 Å². The van der Waals surface area contributed by atoms with Gasteiger partial charge < -0.3 is 10.1 Å². The fourth-order valence-corrected chi connectivity index (χ4v) is 3.06. The number of rotatable bonds is 2. The zero-order valence-electron chi connectivity index (χ0n) is 9.48. The Labute approximate surface area is 113 Å². The molecule has 1 fully saturated rings. The van der Waals surface area contributed by atoms with Gasteiger partial charge in [0.05, 0.1) is 10.2 Å². The third-order valence-electron chi connectivity index (χ3n) is 2.86. The number of nitrogens with one attached hydrogen (secondary N) is 1. The van der Waals surface area contributed by atoms with Gasteiger partial charge in [0, 0.05) is 5.02 Å². The quantitative estimate of drug-likeness (QED) is 0.860. The average Bonchev–Trinajstić information content (AvgIpc) is 2.95. The standard InChI is InChI=1S/C12H11ClN2O2S/c13-7-3-4-8-10(6-7)18-12(15-8)17-11(16)9-2-1-5-14-9/h3-4,6,9,14H,1-2,5H2. The molecule has 0 bridgehead atoms. The number of ether oxygens (including phenoxy) is 1. The van der Waals surface area contributed by atoms with Crippen molar-refractivity contribution in [2.75, 3.05) is 6.54 Å². The van der Waals surface area contributed by atoms with E-state index in [1.807, 2.05) is 12.1 Å². The summed E-state index contributed by atoms with van der Waals surface area (Å²) in [5.41, 5.74) is 0.798. The van der Waals surface area contributed by atoms with Crippen molar-refractivity contribution < 1.29 is 9.53 Å². The third-order valence-corrected chi connectivity index (χ3v) is 3.99. The van der Waals surface area contributed by atoms with Gasteiger partial charge in [-0.05, 0) is 37.6 Å². The molecular formula is C12H11ClN2O2S. The number of hydrogen-bond acceptors (Lipinski definition) is 5. The lowest BCUT2D eigenvalue weighted by atomic mass is 10.2. The number of hydrogen-bond donors (Lipinski definition) is 1. The van der Waals surface area contributed by atoms with Gasteiger partial charge in [0.1, 0.15) is 6.04 Å². The molecule has 3 rings (SSSR count). The Kier molecular flexibility index (Phi) is 3.20. The van der Waals surface area contributed by atoms with E-state index < -0.39 is 0 Å². The molecule has 1 N–H and O–H groups in total. The summed E-state index contributed by atoms with van der Waals surface area (Å²) in [6.07, 6.45) is 1.84. The van der Waals surface area contributed by atoms with Crippen LogP contribution in [-0.4, -0.2) is 23.5 Å². The van der Waals surface area contributed by atoms with E-state index in [9.17, 15) is 4.79 Å². The highest BCUT2D eigenvalue weighted by molar-refractivity contribution is 7.20. The molecular weight excluding hydrogens is 272 g/mol. The lowest BCUT2D eigenvalue weighted by Gasteiger charge is -2.06. The summed E-state index contributed by atoms with van der Waals surface area (Å²) in [5.74, 6) is -0.252. The Hall–Kier alpha value is -1.17. The van der Waals surface area contributed by atoms with Crippen molar-refractivity contribution in [1.82, 2.24) is 10.3 Å². The molecule has 18 heavy (non-hydrogen) atoms. The van der Waals surface area contributed by atoms with E-state index >= 15 is 0 Å². The van der Waals surface area contributed by atoms with Crippen molar-refractivity contribution in [2.45, 2.75) is 18.9 Å². The monoisotopic (exact) mass is 282 g/mol. The number of benzene rings is 1. The predicted molar refractivity (Wildman–Crippen MR) is 71.3 cm³/mol. The maximum atomic E-state index is 11.8. The van der Waals surface area contributed by atoms with Crippen molar-refractivity contribution >= 4 is 39.1 Å². The van der Waals surface area contributed by atoms with E-state index in [2.05, 4.69) is 10.3 Å². The van der Waals surface area contributed by atoms with Gasteiger partial charge in [-0.1, -0.05) is 22.9 Å². The van der Waals surface area contributed by atoms with E-state index in [1.165, 1.54) is 11.3 Å². The van der Waals surface area contributed by atoms with Gasteiger partial charge in [-0.3, -0.25) is 0 Å². The van der Waals surface area contributed by atoms with Crippen LogP contribution in [-0.2, 0) is 4.79 Å². The van der Waals surface area contributed by atoms with Crippen LogP contribution in [0.2, 0.25) is 5.02 Å². The second-order valence-electron chi connectivity index (χ2n) is 4.16. The smallest absolute Gasteiger partial charge is 0.330 e. The molecule has 0 amide bonds. The van der Waals surface area contributed by atoms with Gasteiger partial charge >= 0.3 is 5.97 Å². The summed E-state index contributed by atoms with van der Waals surface area (Å²) < 4.78 is 6.21. The summed E-state index contributed by atoms with van der Waals surface area (Å²) in [7, 11) is 0. The highest BCUT2D eigenvalue weighted by Gasteiger charge is 2.24. The number of esters is 1. The van der Waals surface area contributed by atoms with Crippen LogP contribution in [0.4, 0.5) is 0 Å². The Morgan fingerprint density at radius 3 is 3.22 bits per heavy atom. The van der Waals surface area contributed by atoms with Gasteiger partial charge in [-0.15, -0.1) is 0 Å². The fraction of sp³-hybridized carbons (Fsp3) is 0.333. The minimum Gasteiger partial charge on any atom is -0.397 e. The second kappa shape index (κ2) is 4.84.